The summed E-state index contributed by atoms with van der Waals surface area (Å²) in [4.78, 5) is 5.54. The second-order valence-electron chi connectivity index (χ2n) is 7.98. The number of nitrogens with one attached hydrogen (secondary N) is 1. The molecule has 0 amide bonds. The maximum atomic E-state index is 4.37. The van der Waals surface area contributed by atoms with E-state index in [4.69, 9.17) is 0 Å². The van der Waals surface area contributed by atoms with Gasteiger partial charge < -0.3 is 10.2 Å². The number of hydrogen-bond donors (Lipinski definition) is 1. The molecule has 0 spiro atoms. The minimum atomic E-state index is 0.572. The first-order valence-electron chi connectivity index (χ1n) is 10.1. The fraction of sp³-hybridized carbons (Fsp3) is 0.900. The predicted molar refractivity (Wildman–Crippen MR) is 98.6 cm³/mol. The number of hydrogen-bond acceptors (Lipinski definition) is 3. The third-order valence-corrected chi connectivity index (χ3v) is 6.57. The lowest BCUT2D eigenvalue weighted by molar-refractivity contribution is 0.0572. The van der Waals surface area contributed by atoms with Crippen molar-refractivity contribution in [3.63, 3.8) is 0 Å². The molecule has 3 aliphatic rings. The lowest BCUT2D eigenvalue weighted by atomic mass is 9.81. The largest absolute Gasteiger partial charge is 0.391 e. The van der Waals surface area contributed by atoms with Crippen molar-refractivity contribution in [1.29, 1.82) is 0 Å². The van der Waals surface area contributed by atoms with Gasteiger partial charge in [0.15, 0.2) is 0 Å². The summed E-state index contributed by atoms with van der Waals surface area (Å²) < 4.78 is 0. The fourth-order valence-electron chi connectivity index (χ4n) is 5.21. The lowest BCUT2D eigenvalue weighted by Gasteiger charge is -2.45. The van der Waals surface area contributed by atoms with Gasteiger partial charge in [-0.05, 0) is 57.5 Å². The van der Waals surface area contributed by atoms with Crippen LogP contribution < -0.4 is 5.32 Å². The monoisotopic (exact) mass is 319 g/mol. The van der Waals surface area contributed by atoms with Crippen LogP contribution >= 0.6 is 0 Å². The van der Waals surface area contributed by atoms with Crippen LogP contribution in [0.25, 0.3) is 0 Å². The second kappa shape index (κ2) is 8.53. The highest BCUT2D eigenvalue weighted by molar-refractivity contribution is 5.07. The minimum absolute atomic E-state index is 0.572. The molecule has 23 heavy (non-hydrogen) atoms. The van der Waals surface area contributed by atoms with Gasteiger partial charge >= 0.3 is 0 Å². The summed E-state index contributed by atoms with van der Waals surface area (Å²) in [7, 11) is 2.05. The molecule has 1 saturated carbocycles. The molecule has 3 rings (SSSR count). The maximum absolute atomic E-state index is 4.37. The molecule has 0 radical (unpaired) electrons. The predicted octanol–water partition coefficient (Wildman–Crippen LogP) is 3.62. The lowest BCUT2D eigenvalue weighted by Crippen LogP contribution is -2.52. The van der Waals surface area contributed by atoms with Crippen LogP contribution in [-0.2, 0) is 0 Å². The van der Waals surface area contributed by atoms with Gasteiger partial charge in [0.25, 0.3) is 0 Å². The Bertz CT molecular complexity index is 361. The van der Waals surface area contributed by atoms with E-state index in [0.29, 0.717) is 6.04 Å². The molecule has 1 aliphatic carbocycles. The molecule has 3 heteroatoms. The molecule has 3 nitrogen and oxygen atoms in total. The fourth-order valence-corrected chi connectivity index (χ4v) is 5.21. The van der Waals surface area contributed by atoms with E-state index in [0.717, 1.165) is 12.0 Å². The van der Waals surface area contributed by atoms with E-state index in [9.17, 15) is 0 Å². The first-order valence-corrected chi connectivity index (χ1v) is 10.1. The molecule has 0 aromatic heterocycles. The van der Waals surface area contributed by atoms with Crippen LogP contribution in [0.5, 0.6) is 0 Å². The van der Waals surface area contributed by atoms with Crippen molar-refractivity contribution in [3.05, 3.63) is 12.3 Å². The van der Waals surface area contributed by atoms with Crippen molar-refractivity contribution in [2.45, 2.75) is 76.3 Å². The zero-order valence-corrected chi connectivity index (χ0v) is 15.2. The van der Waals surface area contributed by atoms with Crippen LogP contribution in [-0.4, -0.2) is 55.1 Å². The van der Waals surface area contributed by atoms with Gasteiger partial charge in [-0.25, -0.2) is 0 Å². The third-order valence-electron chi connectivity index (χ3n) is 6.57. The second-order valence-corrected chi connectivity index (χ2v) is 7.98. The molecule has 1 unspecified atom stereocenters. The Hall–Kier alpha value is -0.540. The number of likely N-dealkylation sites (N-methyl/N-ethyl adjacent to an activating group) is 1. The summed E-state index contributed by atoms with van der Waals surface area (Å²) in [5, 5.41) is 3.39. The van der Waals surface area contributed by atoms with Crippen LogP contribution in [0.4, 0.5) is 0 Å². The normalized spacial score (nSPS) is 27.7. The Kier molecular flexibility index (Phi) is 6.41. The van der Waals surface area contributed by atoms with Crippen LogP contribution in [0.3, 0.4) is 0 Å². The van der Waals surface area contributed by atoms with Crippen LogP contribution in [0, 0.1) is 5.92 Å². The van der Waals surface area contributed by atoms with E-state index in [1.54, 1.807) is 0 Å². The number of piperidine rings is 2. The van der Waals surface area contributed by atoms with Crippen molar-refractivity contribution in [3.8, 4) is 0 Å². The molecule has 1 atom stereocenters. The molecule has 3 fully saturated rings. The van der Waals surface area contributed by atoms with E-state index >= 15 is 0 Å². The molecule has 0 aromatic carbocycles. The molecule has 0 bridgehead atoms. The quantitative estimate of drug-likeness (QED) is 0.835. The van der Waals surface area contributed by atoms with Crippen molar-refractivity contribution >= 4 is 0 Å². The van der Waals surface area contributed by atoms with Gasteiger partial charge in [0.05, 0.1) is 6.04 Å². The van der Waals surface area contributed by atoms with E-state index in [1.807, 2.05) is 0 Å². The van der Waals surface area contributed by atoms with E-state index in [2.05, 4.69) is 28.7 Å². The van der Waals surface area contributed by atoms with Gasteiger partial charge in [-0.3, -0.25) is 4.90 Å². The summed E-state index contributed by atoms with van der Waals surface area (Å²) in [5.74, 6) is 0.829. The van der Waals surface area contributed by atoms with Gasteiger partial charge in [0, 0.05) is 31.9 Å². The van der Waals surface area contributed by atoms with Crippen molar-refractivity contribution in [1.82, 2.24) is 15.1 Å². The topological polar surface area (TPSA) is 18.5 Å². The molecule has 1 N–H and O–H groups in total. The Morgan fingerprint density at radius 3 is 2.09 bits per heavy atom. The first-order chi connectivity index (χ1) is 11.3. The van der Waals surface area contributed by atoms with Gasteiger partial charge in [-0.2, -0.15) is 0 Å². The number of nitrogens with zero attached hydrogens (tertiary/aromatic N) is 2. The summed E-state index contributed by atoms with van der Waals surface area (Å²) in [6.07, 6.45) is 14.1. The summed E-state index contributed by atoms with van der Waals surface area (Å²) >= 11 is 0. The smallest absolute Gasteiger partial charge is 0.0517 e. The van der Waals surface area contributed by atoms with E-state index < -0.39 is 0 Å². The number of likely N-dealkylation sites (tertiary alicyclic amines) is 2. The van der Waals surface area contributed by atoms with Crippen molar-refractivity contribution < 1.29 is 0 Å². The Morgan fingerprint density at radius 2 is 1.48 bits per heavy atom. The third kappa shape index (κ3) is 4.30. The van der Waals surface area contributed by atoms with Crippen molar-refractivity contribution in [2.24, 2.45) is 5.92 Å². The summed E-state index contributed by atoms with van der Waals surface area (Å²) in [5.41, 5.74) is 1.26. The zero-order valence-electron chi connectivity index (χ0n) is 15.2. The van der Waals surface area contributed by atoms with E-state index in [1.165, 1.54) is 96.1 Å². The maximum Gasteiger partial charge on any atom is 0.0517 e. The summed E-state index contributed by atoms with van der Waals surface area (Å²) in [6, 6.07) is 1.42. The van der Waals surface area contributed by atoms with Crippen LogP contribution in [0.1, 0.15) is 64.2 Å². The average Bonchev–Trinajstić information content (AvgIpc) is 2.64. The molecule has 2 aliphatic heterocycles. The Balaban J connectivity index is 1.57. The van der Waals surface area contributed by atoms with Crippen LogP contribution in [0.15, 0.2) is 12.3 Å². The molecule has 0 aromatic rings. The van der Waals surface area contributed by atoms with Gasteiger partial charge in [0.1, 0.15) is 0 Å². The average molecular weight is 320 g/mol. The molecule has 132 valence electrons. The molecular formula is C20H37N3. The standard InChI is InChI=1S/C20H37N3/c1-17(21-2)20(18-9-5-3-6-10-18)23-15-11-19(12-16-23)22-13-7-4-8-14-22/h18-21H,1,3-16H2,2H3. The van der Waals surface area contributed by atoms with Gasteiger partial charge in [-0.1, -0.05) is 32.3 Å². The number of rotatable bonds is 5. The highest BCUT2D eigenvalue weighted by atomic mass is 15.2. The molecule has 2 saturated heterocycles. The summed E-state index contributed by atoms with van der Waals surface area (Å²) in [6.45, 7) is 9.60. The molecule has 2 heterocycles. The highest BCUT2D eigenvalue weighted by Gasteiger charge is 2.34. The Labute approximate surface area is 143 Å². The minimum Gasteiger partial charge on any atom is -0.391 e. The highest BCUT2D eigenvalue weighted by Crippen LogP contribution is 2.33. The van der Waals surface area contributed by atoms with E-state index in [-0.39, 0.29) is 0 Å². The van der Waals surface area contributed by atoms with Gasteiger partial charge in [0.2, 0.25) is 0 Å². The zero-order chi connectivity index (χ0) is 16.1. The SMILES string of the molecule is C=C(NC)C(C1CCCCC1)N1CCC(N2CCCCC2)CC1. The first kappa shape index (κ1) is 17.3. The Morgan fingerprint density at radius 1 is 0.870 bits per heavy atom. The van der Waals surface area contributed by atoms with Crippen molar-refractivity contribution in [2.75, 3.05) is 33.2 Å². The van der Waals surface area contributed by atoms with Crippen LogP contribution in [0.2, 0.25) is 0 Å². The molecular weight excluding hydrogens is 282 g/mol. The van der Waals surface area contributed by atoms with Gasteiger partial charge in [-0.15, -0.1) is 0 Å².